The van der Waals surface area contributed by atoms with Crippen LogP contribution in [0.25, 0.3) is 0 Å². The summed E-state index contributed by atoms with van der Waals surface area (Å²) < 4.78 is 22.8. The van der Waals surface area contributed by atoms with Crippen LogP contribution < -0.4 is 14.2 Å². The van der Waals surface area contributed by atoms with Gasteiger partial charge in [0.15, 0.2) is 0 Å². The molecule has 0 spiro atoms. The number of hydrogen-bond acceptors (Lipinski definition) is 9. The molecule has 1 unspecified atom stereocenters. The molecule has 1 atom stereocenters. The molecule has 0 fully saturated rings. The minimum Gasteiger partial charge on any atom is -0.493 e. The fourth-order valence-corrected chi connectivity index (χ4v) is 4.78. The molecule has 3 aromatic carbocycles. The highest BCUT2D eigenvalue weighted by Crippen LogP contribution is 2.44. The third kappa shape index (κ3) is 5.56. The van der Waals surface area contributed by atoms with E-state index in [1.165, 1.54) is 7.11 Å². The Hall–Kier alpha value is -4.99. The quantitative estimate of drug-likeness (QED) is 0.155. The highest BCUT2D eigenvalue weighted by atomic mass is 16.6. The van der Waals surface area contributed by atoms with Gasteiger partial charge in [-0.15, -0.1) is 0 Å². The summed E-state index contributed by atoms with van der Waals surface area (Å²) >= 11 is 0. The van der Waals surface area contributed by atoms with Gasteiger partial charge in [-0.1, -0.05) is 78.9 Å². The number of carbonyl (C=O) groups excluding carboxylic acids is 1. The molecule has 1 aromatic heterocycles. The van der Waals surface area contributed by atoms with Crippen molar-refractivity contribution in [1.29, 1.82) is 0 Å². The molecule has 0 bridgehead atoms. The normalized spacial score (nSPS) is 15.8. The standard InChI is InChI=1S/C30H27N3O7/c1-37-28(34)30(16-17-38-25-15-9-8-14-23(25)30)18-24-26(33(35)36)27(39-19-21-10-4-2-5-11-21)32-29(31-24)40-20-22-12-6-3-7-13-22/h2-15H,16-20H2,1H3. The van der Waals surface area contributed by atoms with Crippen molar-refractivity contribution in [3.05, 3.63) is 117 Å². The summed E-state index contributed by atoms with van der Waals surface area (Å²) in [6, 6.07) is 25.6. The zero-order valence-corrected chi connectivity index (χ0v) is 21.8. The molecule has 0 radical (unpaired) electrons. The number of benzene rings is 3. The lowest BCUT2D eigenvalue weighted by atomic mass is 9.72. The van der Waals surface area contributed by atoms with Crippen molar-refractivity contribution in [2.24, 2.45) is 0 Å². The van der Waals surface area contributed by atoms with Crippen LogP contribution in [0.15, 0.2) is 84.9 Å². The first-order valence-electron chi connectivity index (χ1n) is 12.7. The molecular formula is C30H27N3O7. The van der Waals surface area contributed by atoms with Crippen LogP contribution in [0.4, 0.5) is 5.69 Å². The van der Waals surface area contributed by atoms with Crippen molar-refractivity contribution in [1.82, 2.24) is 9.97 Å². The predicted molar refractivity (Wildman–Crippen MR) is 144 cm³/mol. The molecule has 2 heterocycles. The van der Waals surface area contributed by atoms with E-state index in [1.54, 1.807) is 24.3 Å². The summed E-state index contributed by atoms with van der Waals surface area (Å²) in [7, 11) is 1.29. The first-order valence-corrected chi connectivity index (χ1v) is 12.7. The number of nitro groups is 1. The Bertz CT molecular complexity index is 1500. The number of nitrogens with zero attached hydrogens (tertiary/aromatic N) is 3. The van der Waals surface area contributed by atoms with E-state index in [-0.39, 0.29) is 50.2 Å². The molecule has 1 aliphatic rings. The molecule has 0 amide bonds. The van der Waals surface area contributed by atoms with Gasteiger partial charge in [-0.3, -0.25) is 14.9 Å². The molecule has 40 heavy (non-hydrogen) atoms. The summed E-state index contributed by atoms with van der Waals surface area (Å²) in [5.74, 6) is -0.283. The summed E-state index contributed by atoms with van der Waals surface area (Å²) in [6.45, 7) is 0.393. The summed E-state index contributed by atoms with van der Waals surface area (Å²) in [5, 5.41) is 12.4. The van der Waals surface area contributed by atoms with Crippen LogP contribution in [0.5, 0.6) is 17.6 Å². The molecule has 0 aliphatic carbocycles. The van der Waals surface area contributed by atoms with E-state index in [4.69, 9.17) is 18.9 Å². The third-order valence-corrected chi connectivity index (χ3v) is 6.75. The first kappa shape index (κ1) is 26.6. The molecule has 10 heteroatoms. The van der Waals surface area contributed by atoms with Gasteiger partial charge in [0, 0.05) is 18.4 Å². The topological polar surface area (TPSA) is 123 Å². The largest absolute Gasteiger partial charge is 0.493 e. The number of hydrogen-bond donors (Lipinski definition) is 0. The van der Waals surface area contributed by atoms with E-state index >= 15 is 0 Å². The number of esters is 1. The Labute approximate surface area is 230 Å². The van der Waals surface area contributed by atoms with Gasteiger partial charge in [0.05, 0.1) is 18.6 Å². The molecule has 5 rings (SSSR count). The van der Waals surface area contributed by atoms with Crippen molar-refractivity contribution in [3.63, 3.8) is 0 Å². The molecule has 0 saturated heterocycles. The van der Waals surface area contributed by atoms with Crippen LogP contribution in [-0.4, -0.2) is 34.6 Å². The maximum atomic E-state index is 13.4. The lowest BCUT2D eigenvalue weighted by Gasteiger charge is -2.36. The van der Waals surface area contributed by atoms with Crippen LogP contribution in [0, 0.1) is 10.1 Å². The Morgan fingerprint density at radius 2 is 1.55 bits per heavy atom. The Morgan fingerprint density at radius 3 is 2.20 bits per heavy atom. The van der Waals surface area contributed by atoms with Gasteiger partial charge in [0.25, 0.3) is 0 Å². The summed E-state index contributed by atoms with van der Waals surface area (Å²) in [5.41, 5.74) is 0.508. The van der Waals surface area contributed by atoms with Gasteiger partial charge in [-0.25, -0.2) is 0 Å². The fourth-order valence-electron chi connectivity index (χ4n) is 4.78. The highest BCUT2D eigenvalue weighted by Gasteiger charge is 2.48. The van der Waals surface area contributed by atoms with Gasteiger partial charge in [0.2, 0.25) is 0 Å². The average molecular weight is 542 g/mol. The average Bonchev–Trinajstić information content (AvgIpc) is 2.99. The Balaban J connectivity index is 1.59. The minimum absolute atomic E-state index is 0.00627. The van der Waals surface area contributed by atoms with Gasteiger partial charge in [0.1, 0.15) is 30.1 Å². The SMILES string of the molecule is COC(=O)C1(Cc2nc(OCc3ccccc3)nc(OCc3ccccc3)c2[N+](=O)[O-])CCOc2ccccc21. The zero-order chi connectivity index (χ0) is 28.0. The second-order valence-corrected chi connectivity index (χ2v) is 9.26. The lowest BCUT2D eigenvalue weighted by Crippen LogP contribution is -2.43. The maximum Gasteiger partial charge on any atom is 0.352 e. The fraction of sp³-hybridized carbons (Fsp3) is 0.233. The van der Waals surface area contributed by atoms with Gasteiger partial charge in [-0.05, 0) is 17.2 Å². The number of methoxy groups -OCH3 is 1. The number of fused-ring (bicyclic) bond motifs is 1. The summed E-state index contributed by atoms with van der Waals surface area (Å²) in [6.07, 6.45) is 0.0839. The van der Waals surface area contributed by atoms with Gasteiger partial charge < -0.3 is 18.9 Å². The van der Waals surface area contributed by atoms with E-state index in [9.17, 15) is 14.9 Å². The van der Waals surface area contributed by atoms with Crippen LogP contribution in [0.2, 0.25) is 0 Å². The second-order valence-electron chi connectivity index (χ2n) is 9.26. The van der Waals surface area contributed by atoms with Crippen molar-refractivity contribution in [2.45, 2.75) is 31.5 Å². The van der Waals surface area contributed by atoms with E-state index in [1.807, 2.05) is 60.7 Å². The smallest absolute Gasteiger partial charge is 0.352 e. The van der Waals surface area contributed by atoms with Crippen molar-refractivity contribution in [3.8, 4) is 17.6 Å². The molecule has 10 nitrogen and oxygen atoms in total. The predicted octanol–water partition coefficient (Wildman–Crippen LogP) is 4.98. The Morgan fingerprint density at radius 1 is 0.925 bits per heavy atom. The van der Waals surface area contributed by atoms with Gasteiger partial charge in [-0.2, -0.15) is 9.97 Å². The van der Waals surface area contributed by atoms with Crippen molar-refractivity contribution >= 4 is 11.7 Å². The van der Waals surface area contributed by atoms with E-state index in [2.05, 4.69) is 9.97 Å². The van der Waals surface area contributed by atoms with E-state index < -0.39 is 22.0 Å². The molecule has 0 N–H and O–H groups in total. The first-order chi connectivity index (χ1) is 19.5. The second kappa shape index (κ2) is 11.8. The number of para-hydroxylation sites is 1. The minimum atomic E-state index is -1.28. The number of ether oxygens (including phenoxy) is 4. The lowest BCUT2D eigenvalue weighted by molar-refractivity contribution is -0.387. The third-order valence-electron chi connectivity index (χ3n) is 6.75. The Kier molecular flexibility index (Phi) is 7.86. The zero-order valence-electron chi connectivity index (χ0n) is 21.8. The molecule has 204 valence electrons. The van der Waals surface area contributed by atoms with Crippen molar-refractivity contribution in [2.75, 3.05) is 13.7 Å². The molecular weight excluding hydrogens is 514 g/mol. The van der Waals surface area contributed by atoms with Crippen molar-refractivity contribution < 1.29 is 28.7 Å². The van der Waals surface area contributed by atoms with E-state index in [0.717, 1.165) is 11.1 Å². The van der Waals surface area contributed by atoms with Crippen LogP contribution >= 0.6 is 0 Å². The van der Waals surface area contributed by atoms with E-state index in [0.29, 0.717) is 11.3 Å². The highest BCUT2D eigenvalue weighted by molar-refractivity contribution is 5.85. The van der Waals surface area contributed by atoms with Crippen LogP contribution in [-0.2, 0) is 34.6 Å². The summed E-state index contributed by atoms with van der Waals surface area (Å²) in [4.78, 5) is 33.9. The number of aromatic nitrogens is 2. The molecule has 0 saturated carbocycles. The molecule has 1 aliphatic heterocycles. The number of rotatable bonds is 10. The maximum absolute atomic E-state index is 13.4. The molecule has 4 aromatic rings. The number of carbonyl (C=O) groups is 1. The monoisotopic (exact) mass is 541 g/mol. The van der Waals surface area contributed by atoms with Crippen LogP contribution in [0.1, 0.15) is 28.8 Å². The van der Waals surface area contributed by atoms with Crippen LogP contribution in [0.3, 0.4) is 0 Å². The van der Waals surface area contributed by atoms with Gasteiger partial charge >= 0.3 is 23.5 Å².